The van der Waals surface area contributed by atoms with Gasteiger partial charge in [-0.05, 0) is 0 Å². The molecule has 3 nitrogen and oxygen atoms in total. The predicted octanol–water partition coefficient (Wildman–Crippen LogP) is 1.55. The number of hydrogen-bond donors (Lipinski definition) is 1. The molecule has 0 radical (unpaired) electrons. The normalized spacial score (nSPS) is 15.8. The summed E-state index contributed by atoms with van der Waals surface area (Å²) in [6.45, 7) is 2.69. The Bertz CT molecular complexity index is 428. The number of aliphatic hydroxyl groups is 1. The van der Waals surface area contributed by atoms with Crippen LogP contribution in [0.4, 0.5) is 0 Å². The van der Waals surface area contributed by atoms with Crippen LogP contribution in [-0.2, 0) is 0 Å². The Balaban J connectivity index is 1.99. The van der Waals surface area contributed by atoms with Crippen molar-refractivity contribution in [2.24, 2.45) is 0 Å². The Kier molecular flexibility index (Phi) is 4.51. The molecule has 17 heavy (non-hydrogen) atoms. The van der Waals surface area contributed by atoms with E-state index < -0.39 is 0 Å². The molecule has 0 atom stereocenters. The summed E-state index contributed by atoms with van der Waals surface area (Å²) < 4.78 is 0.964. The molecule has 0 unspecified atom stereocenters. The van der Waals surface area contributed by atoms with Crippen molar-refractivity contribution in [1.29, 1.82) is 0 Å². The van der Waals surface area contributed by atoms with Gasteiger partial charge in [0.15, 0.2) is 0 Å². The number of carbonyl (C=O) groups excluding carboxylic acids is 1. The molecule has 0 saturated heterocycles. The third-order valence-electron chi connectivity index (χ3n) is 2.74. The van der Waals surface area contributed by atoms with Crippen molar-refractivity contribution >= 4 is 32.0 Å². The van der Waals surface area contributed by atoms with Crippen molar-refractivity contribution < 1.29 is 9.90 Å². The van der Waals surface area contributed by atoms with Crippen LogP contribution in [0.1, 0.15) is 22.6 Å². The van der Waals surface area contributed by atoms with Crippen molar-refractivity contribution in [2.75, 3.05) is 19.0 Å². The van der Waals surface area contributed by atoms with Crippen molar-refractivity contribution in [3.05, 3.63) is 32.1 Å². The number of hydrogen-bond acceptors (Lipinski definition) is 4. The van der Waals surface area contributed by atoms with Gasteiger partial charge in [0.05, 0.1) is 0 Å². The van der Waals surface area contributed by atoms with Crippen LogP contribution in [0.3, 0.4) is 0 Å². The van der Waals surface area contributed by atoms with Crippen LogP contribution in [0, 0.1) is 0 Å². The predicted molar refractivity (Wildman–Crippen MR) is 71.3 cm³/mol. The molecule has 92 valence electrons. The zero-order valence-corrected chi connectivity index (χ0v) is 12.2. The molecule has 1 aromatic heterocycles. The number of thioether (sulfide) groups is 1. The zero-order chi connectivity index (χ0) is 12.3. The molecule has 0 amide bonds. The van der Waals surface area contributed by atoms with Crippen LogP contribution in [0.2, 0.25) is 0 Å². The van der Waals surface area contributed by atoms with Gasteiger partial charge in [-0.3, -0.25) is 0 Å². The summed E-state index contributed by atoms with van der Waals surface area (Å²) in [6, 6.07) is 3.89. The zero-order valence-electron chi connectivity index (χ0n) is 9.68. The van der Waals surface area contributed by atoms with Crippen LogP contribution >= 0.6 is 11.8 Å². The number of ketones is 1. The number of aliphatic hydroxyl groups excluding tert-OH is 1. The molecular formula is C12H15NO2SSe. The second-order valence-corrected chi connectivity index (χ2v) is 6.88. The third-order valence-corrected chi connectivity index (χ3v) is 5.94. The van der Waals surface area contributed by atoms with Crippen molar-refractivity contribution in [3.8, 4) is 0 Å². The molecule has 0 bridgehead atoms. The van der Waals surface area contributed by atoms with E-state index in [-0.39, 0.29) is 26.9 Å². The van der Waals surface area contributed by atoms with E-state index >= 15 is 0 Å². The molecule has 0 aromatic carbocycles. The fourth-order valence-electron chi connectivity index (χ4n) is 1.74. The minimum atomic E-state index is 0.180. The van der Waals surface area contributed by atoms with Gasteiger partial charge in [-0.2, -0.15) is 0 Å². The number of rotatable bonds is 5. The number of allylic oxidation sites excluding steroid dienone is 1. The Labute approximate surface area is 111 Å². The molecule has 5 heteroatoms. The maximum atomic E-state index is 12.0. The van der Waals surface area contributed by atoms with E-state index in [1.54, 1.807) is 11.8 Å². The summed E-state index contributed by atoms with van der Waals surface area (Å²) in [7, 11) is 0. The standard InChI is InChI=1S/C12H15NO2SSe/c1-9-11(4-5-14)16-8-13(9)7-10(15)12-3-2-6-17-12/h2-3,6,14H,4-5,7-8H2,1H3. The van der Waals surface area contributed by atoms with Gasteiger partial charge in [0, 0.05) is 0 Å². The maximum absolute atomic E-state index is 12.0. The average molecular weight is 316 g/mol. The third kappa shape index (κ3) is 3.05. The average Bonchev–Trinajstić information content (AvgIpc) is 2.94. The monoisotopic (exact) mass is 317 g/mol. The Morgan fingerprint density at radius 2 is 2.47 bits per heavy atom. The molecule has 1 aromatic rings. The fraction of sp³-hybridized carbons (Fsp3) is 0.417. The van der Waals surface area contributed by atoms with Gasteiger partial charge in [0.1, 0.15) is 0 Å². The van der Waals surface area contributed by atoms with E-state index in [1.165, 1.54) is 4.91 Å². The second-order valence-electron chi connectivity index (χ2n) is 3.85. The van der Waals surface area contributed by atoms with Crippen LogP contribution in [0.5, 0.6) is 0 Å². The van der Waals surface area contributed by atoms with E-state index in [2.05, 4.69) is 9.84 Å². The molecule has 1 aliphatic rings. The van der Waals surface area contributed by atoms with Crippen molar-refractivity contribution in [2.45, 2.75) is 13.3 Å². The molecule has 1 N–H and O–H groups in total. The summed E-state index contributed by atoms with van der Waals surface area (Å²) in [5.74, 6) is 1.07. The SMILES string of the molecule is CC1=C(CCO)SCN1CC(=O)c1ccc[se]1. The van der Waals surface area contributed by atoms with Crippen LogP contribution in [-0.4, -0.2) is 49.3 Å². The fourth-order valence-corrected chi connectivity index (χ4v) is 4.29. The van der Waals surface area contributed by atoms with Gasteiger partial charge in [0.25, 0.3) is 0 Å². The van der Waals surface area contributed by atoms with Gasteiger partial charge in [-0.15, -0.1) is 0 Å². The second kappa shape index (κ2) is 5.91. The van der Waals surface area contributed by atoms with Crippen molar-refractivity contribution in [3.63, 3.8) is 0 Å². The molecule has 0 fully saturated rings. The van der Waals surface area contributed by atoms with E-state index in [0.29, 0.717) is 13.0 Å². The van der Waals surface area contributed by atoms with Gasteiger partial charge in [-0.25, -0.2) is 0 Å². The van der Waals surface area contributed by atoms with Gasteiger partial charge in [-0.1, -0.05) is 0 Å². The van der Waals surface area contributed by atoms with Gasteiger partial charge >= 0.3 is 111 Å². The number of Topliss-reactive ketones (excluding diaryl/α,β-unsaturated/α-hetero) is 1. The van der Waals surface area contributed by atoms with Gasteiger partial charge in [0.2, 0.25) is 0 Å². The molecule has 0 aliphatic carbocycles. The number of nitrogens with zero attached hydrogens (tertiary/aromatic N) is 1. The van der Waals surface area contributed by atoms with Crippen LogP contribution in [0.25, 0.3) is 0 Å². The van der Waals surface area contributed by atoms with Gasteiger partial charge < -0.3 is 0 Å². The van der Waals surface area contributed by atoms with E-state index in [4.69, 9.17) is 5.11 Å². The summed E-state index contributed by atoms with van der Waals surface area (Å²) in [4.78, 5) is 17.4. The van der Waals surface area contributed by atoms with E-state index in [9.17, 15) is 4.79 Å². The Hall–Kier alpha value is -0.481. The Morgan fingerprint density at radius 3 is 3.12 bits per heavy atom. The van der Waals surface area contributed by atoms with E-state index in [1.807, 2.05) is 19.1 Å². The topological polar surface area (TPSA) is 40.5 Å². The number of carbonyl (C=O) groups is 1. The minimum absolute atomic E-state index is 0.180. The summed E-state index contributed by atoms with van der Waals surface area (Å²) >= 11 is 1.96. The molecule has 0 spiro atoms. The van der Waals surface area contributed by atoms with Crippen LogP contribution in [0.15, 0.2) is 27.7 Å². The summed E-state index contributed by atoms with van der Waals surface area (Å²) in [5, 5.41) is 8.94. The van der Waals surface area contributed by atoms with E-state index in [0.717, 1.165) is 16.0 Å². The first-order valence-electron chi connectivity index (χ1n) is 5.47. The summed E-state index contributed by atoms with van der Waals surface area (Å²) in [6.07, 6.45) is 0.704. The Morgan fingerprint density at radius 1 is 1.65 bits per heavy atom. The quantitative estimate of drug-likeness (QED) is 0.661. The van der Waals surface area contributed by atoms with Crippen LogP contribution < -0.4 is 0 Å². The summed E-state index contributed by atoms with van der Waals surface area (Å²) in [5.41, 5.74) is 1.15. The molecular weight excluding hydrogens is 301 g/mol. The first kappa shape index (κ1) is 13.0. The molecule has 2 heterocycles. The van der Waals surface area contributed by atoms with Crippen molar-refractivity contribution in [1.82, 2.24) is 4.90 Å². The molecule has 2 rings (SSSR count). The molecule has 1 aliphatic heterocycles. The molecule has 0 saturated carbocycles. The first-order valence-corrected chi connectivity index (χ1v) is 8.30. The first-order chi connectivity index (χ1) is 8.22.